The van der Waals surface area contributed by atoms with Crippen molar-refractivity contribution in [2.45, 2.75) is 25.7 Å². The Morgan fingerprint density at radius 3 is 2.45 bits per heavy atom. The molecule has 2 rings (SSSR count). The van der Waals surface area contributed by atoms with Gasteiger partial charge in [-0.25, -0.2) is 13.4 Å². The lowest BCUT2D eigenvalue weighted by atomic mass is 10.1. The summed E-state index contributed by atoms with van der Waals surface area (Å²) in [7, 11) is -3.75. The first-order valence-electron chi connectivity index (χ1n) is 6.13. The maximum absolute atomic E-state index is 12.5. The summed E-state index contributed by atoms with van der Waals surface area (Å²) in [6, 6.07) is 8.54. The van der Waals surface area contributed by atoms with E-state index >= 15 is 0 Å². The number of aromatic nitrogens is 1. The summed E-state index contributed by atoms with van der Waals surface area (Å²) in [5.41, 5.74) is 8.30. The van der Waals surface area contributed by atoms with Gasteiger partial charge in [0.2, 0.25) is 0 Å². The fourth-order valence-electron chi connectivity index (χ4n) is 1.96. The van der Waals surface area contributed by atoms with Crippen molar-refractivity contribution in [2.75, 3.05) is 10.5 Å². The van der Waals surface area contributed by atoms with Gasteiger partial charge in [0.15, 0.2) is 0 Å². The van der Waals surface area contributed by atoms with Crippen LogP contribution in [0.3, 0.4) is 0 Å². The van der Waals surface area contributed by atoms with Gasteiger partial charge in [0.1, 0.15) is 10.7 Å². The Hall–Kier alpha value is -2.08. The average Bonchev–Trinajstić information content (AvgIpc) is 2.33. The van der Waals surface area contributed by atoms with Crippen LogP contribution in [0, 0.1) is 20.8 Å². The second-order valence-corrected chi connectivity index (χ2v) is 6.31. The minimum Gasteiger partial charge on any atom is -0.398 e. The molecule has 0 aliphatic carbocycles. The SMILES string of the molecule is Cc1cccc(NS(=O)(=O)c2c(N)ccc(C)c2C)n1. The van der Waals surface area contributed by atoms with E-state index in [0.717, 1.165) is 11.3 Å². The molecule has 5 nitrogen and oxygen atoms in total. The van der Waals surface area contributed by atoms with E-state index in [4.69, 9.17) is 5.73 Å². The molecule has 0 saturated heterocycles. The zero-order valence-electron chi connectivity index (χ0n) is 11.6. The molecule has 1 aromatic carbocycles. The van der Waals surface area contributed by atoms with Crippen molar-refractivity contribution < 1.29 is 8.42 Å². The summed E-state index contributed by atoms with van der Waals surface area (Å²) in [6.45, 7) is 5.38. The van der Waals surface area contributed by atoms with Crippen molar-refractivity contribution in [1.82, 2.24) is 4.98 Å². The number of hydrogen-bond acceptors (Lipinski definition) is 4. The summed E-state index contributed by atoms with van der Waals surface area (Å²) in [5.74, 6) is 0.283. The lowest BCUT2D eigenvalue weighted by Crippen LogP contribution is -2.17. The summed E-state index contributed by atoms with van der Waals surface area (Å²) in [4.78, 5) is 4.25. The van der Waals surface area contributed by atoms with Gasteiger partial charge in [0.25, 0.3) is 10.0 Å². The Labute approximate surface area is 118 Å². The lowest BCUT2D eigenvalue weighted by Gasteiger charge is -2.14. The van der Waals surface area contributed by atoms with E-state index in [1.165, 1.54) is 0 Å². The molecule has 3 N–H and O–H groups in total. The maximum atomic E-state index is 12.5. The fraction of sp³-hybridized carbons (Fsp3) is 0.214. The highest BCUT2D eigenvalue weighted by atomic mass is 32.2. The molecule has 0 fully saturated rings. The largest absolute Gasteiger partial charge is 0.398 e. The van der Waals surface area contributed by atoms with E-state index < -0.39 is 10.0 Å². The molecule has 0 atom stereocenters. The van der Waals surface area contributed by atoms with Crippen molar-refractivity contribution in [3.8, 4) is 0 Å². The summed E-state index contributed by atoms with van der Waals surface area (Å²) >= 11 is 0. The Morgan fingerprint density at radius 1 is 1.10 bits per heavy atom. The smallest absolute Gasteiger partial charge is 0.265 e. The molecule has 6 heteroatoms. The minimum atomic E-state index is -3.75. The first kappa shape index (κ1) is 14.3. The second-order valence-electron chi connectivity index (χ2n) is 4.70. The first-order chi connectivity index (χ1) is 9.31. The lowest BCUT2D eigenvalue weighted by molar-refractivity contribution is 0.600. The summed E-state index contributed by atoms with van der Waals surface area (Å²) in [6.07, 6.45) is 0. The molecule has 0 aliphatic heterocycles. The molecule has 0 amide bonds. The number of pyridine rings is 1. The number of anilines is 2. The van der Waals surface area contributed by atoms with Crippen molar-refractivity contribution >= 4 is 21.5 Å². The fourth-order valence-corrected chi connectivity index (χ4v) is 3.39. The van der Waals surface area contributed by atoms with Gasteiger partial charge in [-0.2, -0.15) is 0 Å². The van der Waals surface area contributed by atoms with Gasteiger partial charge < -0.3 is 5.73 Å². The molecule has 0 aliphatic rings. The van der Waals surface area contributed by atoms with Crippen LogP contribution in [-0.4, -0.2) is 13.4 Å². The standard InChI is InChI=1S/C14H17N3O2S/c1-9-7-8-12(15)14(11(9)3)20(18,19)17-13-6-4-5-10(2)16-13/h4-8H,15H2,1-3H3,(H,16,17). The van der Waals surface area contributed by atoms with Crippen LogP contribution in [0.4, 0.5) is 11.5 Å². The highest BCUT2D eigenvalue weighted by molar-refractivity contribution is 7.93. The number of nitrogen functional groups attached to an aromatic ring is 1. The molecule has 0 saturated carbocycles. The molecular formula is C14H17N3O2S. The van der Waals surface area contributed by atoms with Crippen LogP contribution in [0.1, 0.15) is 16.8 Å². The van der Waals surface area contributed by atoms with E-state index in [9.17, 15) is 8.42 Å². The van der Waals surface area contributed by atoms with E-state index in [1.807, 2.05) is 6.92 Å². The van der Waals surface area contributed by atoms with E-state index in [1.54, 1.807) is 44.2 Å². The minimum absolute atomic E-state index is 0.112. The molecule has 0 bridgehead atoms. The molecule has 1 heterocycles. The van der Waals surface area contributed by atoms with Crippen LogP contribution >= 0.6 is 0 Å². The van der Waals surface area contributed by atoms with Crippen LogP contribution in [0.2, 0.25) is 0 Å². The Balaban J connectivity index is 2.49. The zero-order valence-corrected chi connectivity index (χ0v) is 12.5. The molecular weight excluding hydrogens is 274 g/mol. The zero-order chi connectivity index (χ0) is 14.9. The Bertz CT molecular complexity index is 755. The van der Waals surface area contributed by atoms with Gasteiger partial charge in [0, 0.05) is 5.69 Å². The van der Waals surface area contributed by atoms with Crippen LogP contribution in [0.5, 0.6) is 0 Å². The van der Waals surface area contributed by atoms with Crippen LogP contribution in [0.25, 0.3) is 0 Å². The van der Waals surface area contributed by atoms with Crippen LogP contribution < -0.4 is 10.5 Å². The van der Waals surface area contributed by atoms with Crippen LogP contribution in [-0.2, 0) is 10.0 Å². The van der Waals surface area contributed by atoms with Gasteiger partial charge in [0.05, 0.1) is 5.69 Å². The number of benzene rings is 1. The molecule has 20 heavy (non-hydrogen) atoms. The molecule has 2 aromatic rings. The monoisotopic (exact) mass is 291 g/mol. The number of nitrogens with two attached hydrogens (primary N) is 1. The predicted molar refractivity (Wildman–Crippen MR) is 80.1 cm³/mol. The normalized spacial score (nSPS) is 11.3. The third kappa shape index (κ3) is 2.75. The maximum Gasteiger partial charge on any atom is 0.265 e. The van der Waals surface area contributed by atoms with Crippen molar-refractivity contribution in [3.63, 3.8) is 0 Å². The number of rotatable bonds is 3. The topological polar surface area (TPSA) is 85.1 Å². The second kappa shape index (κ2) is 5.13. The highest BCUT2D eigenvalue weighted by Crippen LogP contribution is 2.26. The molecule has 106 valence electrons. The highest BCUT2D eigenvalue weighted by Gasteiger charge is 2.21. The summed E-state index contributed by atoms with van der Waals surface area (Å²) < 4.78 is 27.4. The van der Waals surface area contributed by atoms with Crippen molar-refractivity contribution in [3.05, 3.63) is 47.2 Å². The number of aryl methyl sites for hydroxylation is 2. The van der Waals surface area contributed by atoms with Gasteiger partial charge >= 0.3 is 0 Å². The van der Waals surface area contributed by atoms with Crippen molar-refractivity contribution in [1.29, 1.82) is 0 Å². The van der Waals surface area contributed by atoms with Crippen LogP contribution in [0.15, 0.2) is 35.2 Å². The average molecular weight is 291 g/mol. The number of nitrogens with zero attached hydrogens (tertiary/aromatic N) is 1. The quantitative estimate of drug-likeness (QED) is 0.850. The van der Waals surface area contributed by atoms with Gasteiger partial charge in [-0.1, -0.05) is 12.1 Å². The van der Waals surface area contributed by atoms with Gasteiger partial charge in [-0.15, -0.1) is 0 Å². The number of hydrogen-bond donors (Lipinski definition) is 2. The number of nitrogens with one attached hydrogen (secondary N) is 1. The molecule has 0 unspecified atom stereocenters. The Morgan fingerprint density at radius 2 is 1.80 bits per heavy atom. The summed E-state index contributed by atoms with van der Waals surface area (Å²) in [5, 5.41) is 0. The number of sulfonamides is 1. The van der Waals surface area contributed by atoms with Crippen molar-refractivity contribution in [2.24, 2.45) is 0 Å². The third-order valence-corrected chi connectivity index (χ3v) is 4.66. The predicted octanol–water partition coefficient (Wildman–Crippen LogP) is 2.39. The van der Waals surface area contributed by atoms with E-state index in [0.29, 0.717) is 5.56 Å². The third-order valence-electron chi connectivity index (χ3n) is 3.10. The van der Waals surface area contributed by atoms with Gasteiger partial charge in [-0.05, 0) is 50.1 Å². The molecule has 0 radical (unpaired) electrons. The first-order valence-corrected chi connectivity index (χ1v) is 7.62. The molecule has 1 aromatic heterocycles. The van der Waals surface area contributed by atoms with E-state index in [-0.39, 0.29) is 16.4 Å². The molecule has 0 spiro atoms. The Kier molecular flexibility index (Phi) is 3.67. The van der Waals surface area contributed by atoms with E-state index in [2.05, 4.69) is 9.71 Å². The van der Waals surface area contributed by atoms with Gasteiger partial charge in [-0.3, -0.25) is 4.72 Å².